The fourth-order valence-corrected chi connectivity index (χ4v) is 5.11. The van der Waals surface area contributed by atoms with Crippen molar-refractivity contribution in [2.24, 2.45) is 5.41 Å². The number of H-pyrrole nitrogens is 1. The van der Waals surface area contributed by atoms with Gasteiger partial charge in [0, 0.05) is 49.3 Å². The Morgan fingerprint density at radius 2 is 1.83 bits per heavy atom. The van der Waals surface area contributed by atoms with Crippen LogP contribution in [-0.4, -0.2) is 29.1 Å². The molecule has 3 heterocycles. The van der Waals surface area contributed by atoms with Gasteiger partial charge in [-0.1, -0.05) is 6.42 Å². The average molecular weight is 331 g/mol. The molecule has 2 aliphatic carbocycles. The lowest BCUT2D eigenvalue weighted by Gasteiger charge is -2.45. The SMILES string of the molecule is O=C1CC2(CCC2)Cc2[nH]c(=O)c3c(c21)C1(CCOCC1)OC3O. The predicted octanol–water partition coefficient (Wildman–Crippen LogP) is 1.70. The molecule has 4 aliphatic rings. The van der Waals surface area contributed by atoms with E-state index in [2.05, 4.69) is 4.98 Å². The minimum Gasteiger partial charge on any atom is -0.381 e. The molecule has 1 unspecified atom stereocenters. The normalized spacial score (nSPS) is 29.4. The van der Waals surface area contributed by atoms with E-state index in [4.69, 9.17) is 9.47 Å². The lowest BCUT2D eigenvalue weighted by atomic mass is 9.59. The average Bonchev–Trinajstić information content (AvgIpc) is 2.79. The van der Waals surface area contributed by atoms with Crippen LogP contribution in [0.4, 0.5) is 0 Å². The minimum atomic E-state index is -1.26. The van der Waals surface area contributed by atoms with E-state index < -0.39 is 11.9 Å². The van der Waals surface area contributed by atoms with E-state index in [-0.39, 0.29) is 22.3 Å². The van der Waals surface area contributed by atoms with Crippen LogP contribution in [0.2, 0.25) is 0 Å². The number of hydrogen-bond acceptors (Lipinski definition) is 5. The smallest absolute Gasteiger partial charge is 0.256 e. The number of aliphatic hydroxyl groups excluding tert-OH is 1. The number of carbonyl (C=O) groups is 1. The Morgan fingerprint density at radius 3 is 2.50 bits per heavy atom. The van der Waals surface area contributed by atoms with Crippen molar-refractivity contribution in [3.63, 3.8) is 0 Å². The highest BCUT2D eigenvalue weighted by Gasteiger charge is 2.53. The first-order valence-electron chi connectivity index (χ1n) is 8.80. The van der Waals surface area contributed by atoms with Crippen LogP contribution < -0.4 is 5.56 Å². The monoisotopic (exact) mass is 331 g/mol. The Balaban J connectivity index is 1.74. The summed E-state index contributed by atoms with van der Waals surface area (Å²) in [6.45, 7) is 1.01. The molecule has 6 heteroatoms. The summed E-state index contributed by atoms with van der Waals surface area (Å²) in [5.41, 5.74) is 1.21. The summed E-state index contributed by atoms with van der Waals surface area (Å²) in [5, 5.41) is 10.3. The topological polar surface area (TPSA) is 88.6 Å². The molecule has 6 nitrogen and oxygen atoms in total. The van der Waals surface area contributed by atoms with Crippen molar-refractivity contribution in [2.45, 2.75) is 56.8 Å². The highest BCUT2D eigenvalue weighted by atomic mass is 16.6. The second-order valence-corrected chi connectivity index (χ2v) is 7.80. The van der Waals surface area contributed by atoms with Gasteiger partial charge in [0.05, 0.1) is 5.56 Å². The van der Waals surface area contributed by atoms with Crippen LogP contribution >= 0.6 is 0 Å². The van der Waals surface area contributed by atoms with Crippen molar-refractivity contribution in [3.8, 4) is 0 Å². The van der Waals surface area contributed by atoms with E-state index in [0.29, 0.717) is 43.6 Å². The number of rotatable bonds is 0. The molecule has 2 aliphatic heterocycles. The summed E-state index contributed by atoms with van der Waals surface area (Å²) < 4.78 is 11.3. The van der Waals surface area contributed by atoms with Crippen LogP contribution in [0.15, 0.2) is 4.79 Å². The summed E-state index contributed by atoms with van der Waals surface area (Å²) >= 11 is 0. The van der Waals surface area contributed by atoms with Gasteiger partial charge >= 0.3 is 0 Å². The Labute approximate surface area is 139 Å². The molecule has 128 valence electrons. The number of hydrogen-bond donors (Lipinski definition) is 2. The van der Waals surface area contributed by atoms with Crippen molar-refractivity contribution in [1.82, 2.24) is 4.98 Å². The molecular formula is C18H21NO5. The molecule has 1 aromatic rings. The van der Waals surface area contributed by atoms with Gasteiger partial charge in [0.15, 0.2) is 12.1 Å². The number of fused-ring (bicyclic) bond motifs is 4. The fraction of sp³-hybridized carbons (Fsp3) is 0.667. The van der Waals surface area contributed by atoms with Crippen molar-refractivity contribution in [3.05, 3.63) is 32.7 Å². The number of Topliss-reactive ketones (excluding diaryl/α,β-unsaturated/α-hetero) is 1. The molecule has 1 saturated carbocycles. The first-order valence-corrected chi connectivity index (χ1v) is 8.80. The first kappa shape index (κ1) is 14.8. The van der Waals surface area contributed by atoms with Gasteiger partial charge in [0.25, 0.3) is 5.56 Å². The second kappa shape index (κ2) is 4.77. The van der Waals surface area contributed by atoms with Crippen LogP contribution in [0.1, 0.15) is 72.0 Å². The van der Waals surface area contributed by atoms with Crippen LogP contribution in [0.3, 0.4) is 0 Å². The molecule has 2 spiro atoms. The van der Waals surface area contributed by atoms with Gasteiger partial charge in [0.2, 0.25) is 0 Å². The van der Waals surface area contributed by atoms with E-state index >= 15 is 0 Å². The number of nitrogens with one attached hydrogen (secondary N) is 1. The summed E-state index contributed by atoms with van der Waals surface area (Å²) in [6.07, 6.45) is 4.41. The molecule has 2 fully saturated rings. The molecule has 1 atom stereocenters. The van der Waals surface area contributed by atoms with E-state index in [1.807, 2.05) is 0 Å². The lowest BCUT2D eigenvalue weighted by Crippen LogP contribution is -2.42. The van der Waals surface area contributed by atoms with E-state index in [0.717, 1.165) is 31.4 Å². The third kappa shape index (κ3) is 1.82. The maximum absolute atomic E-state index is 13.0. The molecule has 24 heavy (non-hydrogen) atoms. The summed E-state index contributed by atoms with van der Waals surface area (Å²) in [6, 6.07) is 0. The van der Waals surface area contributed by atoms with Gasteiger partial charge < -0.3 is 19.6 Å². The zero-order valence-corrected chi connectivity index (χ0v) is 13.5. The predicted molar refractivity (Wildman–Crippen MR) is 83.8 cm³/mol. The summed E-state index contributed by atoms with van der Waals surface area (Å²) in [4.78, 5) is 28.5. The maximum atomic E-state index is 13.0. The summed E-state index contributed by atoms with van der Waals surface area (Å²) in [5.74, 6) is 0.0898. The third-order valence-corrected chi connectivity index (χ3v) is 6.45. The standard InChI is InChI=1S/C18H21NO5/c20-11-9-17(2-1-3-17)8-10-12(11)14-13(15(21)19-10)16(22)24-18(14)4-6-23-7-5-18/h16,22H,1-9H2,(H,19,21). The van der Waals surface area contributed by atoms with Gasteiger partial charge in [-0.05, 0) is 24.7 Å². The number of aromatic nitrogens is 1. The first-order chi connectivity index (χ1) is 11.5. The van der Waals surface area contributed by atoms with Crippen LogP contribution in [-0.2, 0) is 21.5 Å². The quantitative estimate of drug-likeness (QED) is 0.755. The van der Waals surface area contributed by atoms with Crippen LogP contribution in [0.25, 0.3) is 0 Å². The molecule has 5 rings (SSSR count). The molecule has 0 bridgehead atoms. The Kier molecular flexibility index (Phi) is 2.95. The molecule has 0 amide bonds. The maximum Gasteiger partial charge on any atom is 0.256 e. The molecule has 1 aromatic heterocycles. The van der Waals surface area contributed by atoms with E-state index in [1.165, 1.54) is 0 Å². The molecule has 2 N–H and O–H groups in total. The molecule has 0 radical (unpaired) electrons. The van der Waals surface area contributed by atoms with Gasteiger partial charge in [0.1, 0.15) is 5.60 Å². The second-order valence-electron chi connectivity index (χ2n) is 7.80. The molecular weight excluding hydrogens is 310 g/mol. The Hall–Kier alpha value is -1.50. The van der Waals surface area contributed by atoms with Gasteiger partial charge in [-0.25, -0.2) is 0 Å². The van der Waals surface area contributed by atoms with Crippen molar-refractivity contribution in [1.29, 1.82) is 0 Å². The van der Waals surface area contributed by atoms with E-state index in [1.54, 1.807) is 0 Å². The number of aromatic amines is 1. The summed E-state index contributed by atoms with van der Waals surface area (Å²) in [7, 11) is 0. The Morgan fingerprint density at radius 1 is 1.08 bits per heavy atom. The molecule has 1 saturated heterocycles. The number of ether oxygens (including phenoxy) is 2. The number of carbonyl (C=O) groups excluding carboxylic acids is 1. The Bertz CT molecular complexity index is 785. The number of ketones is 1. The molecule has 0 aromatic carbocycles. The van der Waals surface area contributed by atoms with Gasteiger partial charge in [-0.3, -0.25) is 9.59 Å². The highest BCUT2D eigenvalue weighted by molar-refractivity contribution is 6.01. The van der Waals surface area contributed by atoms with Crippen molar-refractivity contribution < 1.29 is 19.4 Å². The largest absolute Gasteiger partial charge is 0.381 e. The number of pyridine rings is 1. The highest BCUT2D eigenvalue weighted by Crippen LogP contribution is 2.54. The zero-order valence-electron chi connectivity index (χ0n) is 13.5. The number of aliphatic hydroxyl groups is 1. The van der Waals surface area contributed by atoms with Gasteiger partial charge in [-0.2, -0.15) is 0 Å². The fourth-order valence-electron chi connectivity index (χ4n) is 5.11. The van der Waals surface area contributed by atoms with Crippen molar-refractivity contribution in [2.75, 3.05) is 13.2 Å². The zero-order chi connectivity index (χ0) is 16.5. The third-order valence-electron chi connectivity index (χ3n) is 6.45. The minimum absolute atomic E-state index is 0.0438. The van der Waals surface area contributed by atoms with Crippen LogP contribution in [0.5, 0.6) is 0 Å². The van der Waals surface area contributed by atoms with Crippen molar-refractivity contribution >= 4 is 5.78 Å². The van der Waals surface area contributed by atoms with E-state index in [9.17, 15) is 14.7 Å². The van der Waals surface area contributed by atoms with Crippen LogP contribution in [0, 0.1) is 5.41 Å². The van der Waals surface area contributed by atoms with Gasteiger partial charge in [-0.15, -0.1) is 0 Å². The lowest BCUT2D eigenvalue weighted by molar-refractivity contribution is -0.199.